The molecule has 1 aromatic rings. The molecular weight excluding hydrogens is 202 g/mol. The second-order valence-corrected chi connectivity index (χ2v) is 3.47. The molecule has 15 heavy (non-hydrogen) atoms. The Kier molecular flexibility index (Phi) is 2.62. The van der Waals surface area contributed by atoms with Gasteiger partial charge in [-0.05, 0) is 6.07 Å². The lowest BCUT2D eigenvalue weighted by Gasteiger charge is -2.16. The number of halogens is 2. The Morgan fingerprint density at radius 2 is 2.40 bits per heavy atom. The van der Waals surface area contributed by atoms with E-state index in [0.717, 1.165) is 5.56 Å². The van der Waals surface area contributed by atoms with E-state index < -0.39 is 12.8 Å². The Morgan fingerprint density at radius 3 is 3.07 bits per heavy atom. The lowest BCUT2D eigenvalue weighted by Crippen LogP contribution is -2.31. The van der Waals surface area contributed by atoms with Crippen LogP contribution in [0.5, 0.6) is 0 Å². The first-order chi connectivity index (χ1) is 7.22. The van der Waals surface area contributed by atoms with Crippen LogP contribution in [0.3, 0.4) is 0 Å². The van der Waals surface area contributed by atoms with Crippen LogP contribution in [0, 0.1) is 0 Å². The molecule has 0 N–H and O–H groups in total. The summed E-state index contributed by atoms with van der Waals surface area (Å²) in [4.78, 5) is 16.8. The van der Waals surface area contributed by atoms with E-state index in [1.807, 2.05) is 0 Å². The van der Waals surface area contributed by atoms with Crippen LogP contribution >= 0.6 is 0 Å². The van der Waals surface area contributed by atoms with Gasteiger partial charge in [-0.2, -0.15) is 0 Å². The summed E-state index contributed by atoms with van der Waals surface area (Å²) in [6, 6.07) is 1.60. The van der Waals surface area contributed by atoms with Gasteiger partial charge in [-0.3, -0.25) is 9.78 Å². The maximum absolute atomic E-state index is 12.8. The van der Waals surface area contributed by atoms with E-state index in [4.69, 9.17) is 0 Å². The van der Waals surface area contributed by atoms with Gasteiger partial charge in [-0.1, -0.05) is 0 Å². The average Bonchev–Trinajstić information content (AvgIpc) is 2.57. The summed E-state index contributed by atoms with van der Waals surface area (Å²) in [6.45, 7) is -0.926. The molecule has 1 aliphatic heterocycles. The van der Waals surface area contributed by atoms with Crippen LogP contribution < -0.4 is 0 Å². The molecule has 5 heteroatoms. The summed E-state index contributed by atoms with van der Waals surface area (Å²) in [6.07, 6.45) is 1.49. The largest absolute Gasteiger partial charge is 0.331 e. The van der Waals surface area contributed by atoms with Crippen LogP contribution in [0.15, 0.2) is 18.5 Å². The minimum atomic E-state index is -1.60. The lowest BCUT2D eigenvalue weighted by atomic mass is 10.2. The summed E-state index contributed by atoms with van der Waals surface area (Å²) in [5.41, 5.74) is 1.31. The van der Waals surface area contributed by atoms with Gasteiger partial charge in [0.2, 0.25) is 0 Å². The van der Waals surface area contributed by atoms with Crippen molar-refractivity contribution in [1.29, 1.82) is 0 Å². The number of pyridine rings is 1. The summed E-state index contributed by atoms with van der Waals surface area (Å²) >= 11 is 0. The van der Waals surface area contributed by atoms with Crippen molar-refractivity contribution >= 4 is 5.91 Å². The van der Waals surface area contributed by atoms with Crippen LogP contribution in [0.2, 0.25) is 0 Å². The predicted molar refractivity (Wildman–Crippen MR) is 49.8 cm³/mol. The fraction of sp³-hybridized carbons (Fsp3) is 0.400. The van der Waals surface area contributed by atoms with Gasteiger partial charge in [-0.15, -0.1) is 0 Å². The molecule has 0 saturated heterocycles. The average molecular weight is 212 g/mol. The van der Waals surface area contributed by atoms with Crippen molar-refractivity contribution in [1.82, 2.24) is 9.88 Å². The maximum Gasteiger partial charge on any atom is 0.254 e. The third kappa shape index (κ3) is 1.82. The van der Waals surface area contributed by atoms with Crippen molar-refractivity contribution in [2.24, 2.45) is 0 Å². The highest BCUT2D eigenvalue weighted by atomic mass is 19.2. The molecule has 3 nitrogen and oxygen atoms in total. The van der Waals surface area contributed by atoms with Crippen LogP contribution in [0.25, 0.3) is 0 Å². The molecule has 1 unspecified atom stereocenters. The topological polar surface area (TPSA) is 33.2 Å². The highest BCUT2D eigenvalue weighted by Crippen LogP contribution is 2.21. The fourth-order valence-electron chi connectivity index (χ4n) is 1.64. The van der Waals surface area contributed by atoms with E-state index in [9.17, 15) is 13.6 Å². The second kappa shape index (κ2) is 3.92. The predicted octanol–water partition coefficient (Wildman–Crippen LogP) is 1.34. The molecule has 0 bridgehead atoms. The molecule has 1 aliphatic rings. The van der Waals surface area contributed by atoms with Crippen LogP contribution in [0.4, 0.5) is 8.78 Å². The standard InChI is InChI=1S/C10H10F2N2O/c11-3-8(12)6-14-5-7-4-13-2-1-9(7)10(14)15/h1-2,4,8H,3,5-6H2. The first-order valence-electron chi connectivity index (χ1n) is 4.64. The minimum absolute atomic E-state index is 0.190. The van der Waals surface area contributed by atoms with Crippen LogP contribution in [0.1, 0.15) is 15.9 Å². The zero-order valence-corrected chi connectivity index (χ0v) is 7.99. The van der Waals surface area contributed by atoms with Gasteiger partial charge in [0.15, 0.2) is 0 Å². The Hall–Kier alpha value is -1.52. The van der Waals surface area contributed by atoms with Gasteiger partial charge in [0.05, 0.1) is 6.54 Å². The van der Waals surface area contributed by atoms with Crippen molar-refractivity contribution in [3.8, 4) is 0 Å². The van der Waals surface area contributed by atoms with E-state index in [1.54, 1.807) is 12.3 Å². The molecule has 1 aromatic heterocycles. The van der Waals surface area contributed by atoms with Gasteiger partial charge in [-0.25, -0.2) is 8.78 Å². The fourth-order valence-corrected chi connectivity index (χ4v) is 1.64. The number of rotatable bonds is 3. The van der Waals surface area contributed by atoms with E-state index in [1.165, 1.54) is 11.1 Å². The summed E-state index contributed by atoms with van der Waals surface area (Å²) < 4.78 is 24.8. The Morgan fingerprint density at radius 1 is 1.60 bits per heavy atom. The zero-order chi connectivity index (χ0) is 10.8. The van der Waals surface area contributed by atoms with E-state index >= 15 is 0 Å². The monoisotopic (exact) mass is 212 g/mol. The third-order valence-electron chi connectivity index (χ3n) is 2.37. The molecule has 0 aromatic carbocycles. The third-order valence-corrected chi connectivity index (χ3v) is 2.37. The zero-order valence-electron chi connectivity index (χ0n) is 7.99. The number of carbonyl (C=O) groups excluding carboxylic acids is 1. The number of hydrogen-bond acceptors (Lipinski definition) is 2. The summed E-state index contributed by atoms with van der Waals surface area (Å²) in [5.74, 6) is -0.247. The number of aromatic nitrogens is 1. The second-order valence-electron chi connectivity index (χ2n) is 3.47. The van der Waals surface area contributed by atoms with Gasteiger partial charge >= 0.3 is 0 Å². The minimum Gasteiger partial charge on any atom is -0.331 e. The van der Waals surface area contributed by atoms with Crippen molar-refractivity contribution < 1.29 is 13.6 Å². The van der Waals surface area contributed by atoms with Gasteiger partial charge in [0.1, 0.15) is 12.8 Å². The normalized spacial score (nSPS) is 16.7. The van der Waals surface area contributed by atoms with Gasteiger partial charge in [0, 0.05) is 30.1 Å². The van der Waals surface area contributed by atoms with E-state index in [0.29, 0.717) is 12.1 Å². The molecule has 0 spiro atoms. The van der Waals surface area contributed by atoms with Crippen molar-refractivity contribution in [3.63, 3.8) is 0 Å². The molecule has 0 aliphatic carbocycles. The highest BCUT2D eigenvalue weighted by Gasteiger charge is 2.28. The molecule has 2 heterocycles. The number of amides is 1. The van der Waals surface area contributed by atoms with E-state index in [2.05, 4.69) is 4.98 Å². The highest BCUT2D eigenvalue weighted by molar-refractivity contribution is 5.98. The number of alkyl halides is 2. The number of nitrogens with zero attached hydrogens (tertiary/aromatic N) is 2. The molecule has 0 saturated carbocycles. The summed E-state index contributed by atoms with van der Waals surface area (Å²) in [5, 5.41) is 0. The Labute approximate surface area is 85.7 Å². The molecule has 2 rings (SSSR count). The smallest absolute Gasteiger partial charge is 0.254 e. The molecule has 0 radical (unpaired) electrons. The molecule has 1 atom stereocenters. The Balaban J connectivity index is 2.13. The summed E-state index contributed by atoms with van der Waals surface area (Å²) in [7, 11) is 0. The molecule has 0 fully saturated rings. The van der Waals surface area contributed by atoms with E-state index in [-0.39, 0.29) is 12.5 Å². The molecule has 1 amide bonds. The number of hydrogen-bond donors (Lipinski definition) is 0. The lowest BCUT2D eigenvalue weighted by molar-refractivity contribution is 0.0718. The molecular formula is C10H10F2N2O. The Bertz CT molecular complexity index is 383. The maximum atomic E-state index is 12.8. The first-order valence-corrected chi connectivity index (χ1v) is 4.64. The van der Waals surface area contributed by atoms with Gasteiger partial charge in [0.25, 0.3) is 5.91 Å². The number of carbonyl (C=O) groups is 1. The number of fused-ring (bicyclic) bond motifs is 1. The van der Waals surface area contributed by atoms with Crippen LogP contribution in [-0.2, 0) is 6.54 Å². The van der Waals surface area contributed by atoms with Crippen molar-refractivity contribution in [2.45, 2.75) is 12.7 Å². The molecule has 80 valence electrons. The first kappa shape index (κ1) is 10.0. The quantitative estimate of drug-likeness (QED) is 0.757. The van der Waals surface area contributed by atoms with Crippen molar-refractivity contribution in [2.75, 3.05) is 13.2 Å². The van der Waals surface area contributed by atoms with Gasteiger partial charge < -0.3 is 4.90 Å². The van der Waals surface area contributed by atoms with Crippen molar-refractivity contribution in [3.05, 3.63) is 29.6 Å². The SMILES string of the molecule is O=C1c2ccncc2CN1CC(F)CF. The van der Waals surface area contributed by atoms with Crippen LogP contribution in [-0.4, -0.2) is 35.2 Å².